The molecule has 34 heavy (non-hydrogen) atoms. The van der Waals surface area contributed by atoms with Crippen LogP contribution in [-0.2, 0) is 4.79 Å². The van der Waals surface area contributed by atoms with Crippen molar-refractivity contribution < 1.29 is 27.9 Å². The highest BCUT2D eigenvalue weighted by Crippen LogP contribution is 2.26. The monoisotopic (exact) mass is 491 g/mol. The SMILES string of the molecule is O=C(NC1CCN(C(=O)C2CCCN(C(=O)c3ccccc3OC(F)F)C2)CC1)c1ccsc1. The number of rotatable bonds is 6. The quantitative estimate of drug-likeness (QED) is 0.670. The molecule has 0 radical (unpaired) electrons. The largest absolute Gasteiger partial charge is 0.434 e. The van der Waals surface area contributed by atoms with Gasteiger partial charge in [0.2, 0.25) is 5.91 Å². The van der Waals surface area contributed by atoms with Gasteiger partial charge in [-0.15, -0.1) is 0 Å². The third-order valence-corrected chi connectivity index (χ3v) is 7.00. The van der Waals surface area contributed by atoms with E-state index in [-0.39, 0.29) is 41.6 Å². The van der Waals surface area contributed by atoms with E-state index in [1.807, 2.05) is 10.8 Å². The molecule has 1 atom stereocenters. The molecule has 0 spiro atoms. The molecular weight excluding hydrogens is 464 g/mol. The zero-order valence-electron chi connectivity index (χ0n) is 18.6. The van der Waals surface area contributed by atoms with Gasteiger partial charge < -0.3 is 19.9 Å². The summed E-state index contributed by atoms with van der Waals surface area (Å²) >= 11 is 1.47. The van der Waals surface area contributed by atoms with E-state index in [4.69, 9.17) is 0 Å². The van der Waals surface area contributed by atoms with Crippen LogP contribution >= 0.6 is 11.3 Å². The lowest BCUT2D eigenvalue weighted by molar-refractivity contribution is -0.138. The van der Waals surface area contributed by atoms with E-state index in [1.54, 1.807) is 21.9 Å². The van der Waals surface area contributed by atoms with Crippen LogP contribution in [0.15, 0.2) is 41.1 Å². The molecule has 1 aromatic heterocycles. The Morgan fingerprint density at radius 1 is 1.03 bits per heavy atom. The third kappa shape index (κ3) is 5.72. The number of carbonyl (C=O) groups is 3. The fraction of sp³-hybridized carbons (Fsp3) is 0.458. The first-order valence-corrected chi connectivity index (χ1v) is 12.3. The molecule has 0 bridgehead atoms. The Morgan fingerprint density at radius 2 is 1.79 bits per heavy atom. The van der Waals surface area contributed by atoms with Crippen LogP contribution in [0.3, 0.4) is 0 Å². The molecule has 182 valence electrons. The minimum atomic E-state index is -3.03. The lowest BCUT2D eigenvalue weighted by Gasteiger charge is -2.38. The Labute approximate surface area is 200 Å². The highest BCUT2D eigenvalue weighted by atomic mass is 32.1. The van der Waals surface area contributed by atoms with Gasteiger partial charge in [-0.05, 0) is 49.3 Å². The fourth-order valence-electron chi connectivity index (χ4n) is 4.54. The van der Waals surface area contributed by atoms with Crippen molar-refractivity contribution in [2.24, 2.45) is 5.92 Å². The van der Waals surface area contributed by atoms with Crippen molar-refractivity contribution in [1.29, 1.82) is 0 Å². The Kier molecular flexibility index (Phi) is 7.77. The summed E-state index contributed by atoms with van der Waals surface area (Å²) in [5, 5.41) is 6.70. The van der Waals surface area contributed by atoms with Crippen molar-refractivity contribution >= 4 is 29.1 Å². The maximum Gasteiger partial charge on any atom is 0.387 e. The van der Waals surface area contributed by atoms with Crippen LogP contribution in [-0.4, -0.2) is 66.4 Å². The standard InChI is InChI=1S/C24H27F2N3O4S/c25-24(26)33-20-6-2-1-5-19(20)23(32)29-10-3-4-16(14-29)22(31)28-11-7-18(8-12-28)27-21(30)17-9-13-34-15-17/h1-2,5-6,9,13,15-16,18,24H,3-4,7-8,10-12,14H2,(H,27,30). The number of benzene rings is 1. The van der Waals surface area contributed by atoms with E-state index in [0.717, 1.165) is 0 Å². The van der Waals surface area contributed by atoms with Crippen molar-refractivity contribution in [2.45, 2.75) is 38.3 Å². The second kappa shape index (κ2) is 10.9. The molecule has 1 unspecified atom stereocenters. The Hall–Kier alpha value is -3.01. The lowest BCUT2D eigenvalue weighted by Crippen LogP contribution is -2.51. The van der Waals surface area contributed by atoms with Crippen LogP contribution in [0.5, 0.6) is 5.75 Å². The van der Waals surface area contributed by atoms with Crippen molar-refractivity contribution in [1.82, 2.24) is 15.1 Å². The van der Waals surface area contributed by atoms with E-state index in [1.165, 1.54) is 29.5 Å². The molecule has 0 aliphatic carbocycles. The minimum absolute atomic E-state index is 0.00257. The maximum absolute atomic E-state index is 13.2. The Balaban J connectivity index is 1.32. The van der Waals surface area contributed by atoms with E-state index in [2.05, 4.69) is 10.1 Å². The highest BCUT2D eigenvalue weighted by Gasteiger charge is 2.34. The summed E-state index contributed by atoms with van der Waals surface area (Å²) in [5.41, 5.74) is 0.717. The molecule has 3 heterocycles. The number of alkyl halides is 2. The van der Waals surface area contributed by atoms with Crippen molar-refractivity contribution in [3.63, 3.8) is 0 Å². The second-order valence-electron chi connectivity index (χ2n) is 8.55. The molecule has 10 heteroatoms. The molecule has 2 saturated heterocycles. The number of halogens is 2. The molecule has 4 rings (SSSR count). The van der Waals surface area contributed by atoms with Crippen LogP contribution in [0.25, 0.3) is 0 Å². The predicted octanol–water partition coefficient (Wildman–Crippen LogP) is 3.62. The zero-order chi connectivity index (χ0) is 24.1. The summed E-state index contributed by atoms with van der Waals surface area (Å²) in [6, 6.07) is 7.73. The molecular formula is C24H27F2N3O4S. The smallest absolute Gasteiger partial charge is 0.387 e. The number of para-hydroxylation sites is 1. The highest BCUT2D eigenvalue weighted by molar-refractivity contribution is 7.08. The average molecular weight is 492 g/mol. The Morgan fingerprint density at radius 3 is 2.50 bits per heavy atom. The van der Waals surface area contributed by atoms with Gasteiger partial charge in [0.15, 0.2) is 0 Å². The number of nitrogens with one attached hydrogen (secondary N) is 1. The predicted molar refractivity (Wildman–Crippen MR) is 123 cm³/mol. The van der Waals surface area contributed by atoms with Gasteiger partial charge in [0, 0.05) is 43.2 Å². The first kappa shape index (κ1) is 24.1. The van der Waals surface area contributed by atoms with E-state index < -0.39 is 12.5 Å². The lowest BCUT2D eigenvalue weighted by atomic mass is 9.94. The average Bonchev–Trinajstić information content (AvgIpc) is 3.39. The first-order chi connectivity index (χ1) is 16.4. The molecule has 7 nitrogen and oxygen atoms in total. The molecule has 1 aromatic carbocycles. The number of nitrogens with zero attached hydrogens (tertiary/aromatic N) is 2. The summed E-state index contributed by atoms with van der Waals surface area (Å²) in [6.07, 6.45) is 2.68. The number of amides is 3. The number of carbonyl (C=O) groups excluding carboxylic acids is 3. The van der Waals surface area contributed by atoms with Gasteiger partial charge in [-0.2, -0.15) is 20.1 Å². The van der Waals surface area contributed by atoms with Crippen molar-refractivity contribution in [3.05, 3.63) is 52.2 Å². The molecule has 2 fully saturated rings. The first-order valence-electron chi connectivity index (χ1n) is 11.4. The topological polar surface area (TPSA) is 79.0 Å². The van der Waals surface area contributed by atoms with Crippen LogP contribution < -0.4 is 10.1 Å². The van der Waals surface area contributed by atoms with Gasteiger partial charge in [-0.25, -0.2) is 0 Å². The molecule has 3 amide bonds. The second-order valence-corrected chi connectivity index (χ2v) is 9.33. The molecule has 2 aliphatic rings. The van der Waals surface area contributed by atoms with Gasteiger partial charge in [0.05, 0.1) is 11.5 Å². The zero-order valence-corrected chi connectivity index (χ0v) is 19.4. The summed E-state index contributed by atoms with van der Waals surface area (Å²) in [4.78, 5) is 41.8. The molecule has 2 aliphatic heterocycles. The number of piperidine rings is 2. The number of hydrogen-bond donors (Lipinski definition) is 1. The van der Waals surface area contributed by atoms with Crippen LogP contribution in [0.1, 0.15) is 46.4 Å². The number of ether oxygens (including phenoxy) is 1. The van der Waals surface area contributed by atoms with E-state index in [9.17, 15) is 23.2 Å². The maximum atomic E-state index is 13.2. The third-order valence-electron chi connectivity index (χ3n) is 6.32. The van der Waals surface area contributed by atoms with E-state index >= 15 is 0 Å². The number of likely N-dealkylation sites (tertiary alicyclic amines) is 2. The summed E-state index contributed by atoms with van der Waals surface area (Å²) < 4.78 is 30.0. The van der Waals surface area contributed by atoms with Gasteiger partial charge in [0.1, 0.15) is 5.75 Å². The van der Waals surface area contributed by atoms with Gasteiger partial charge in [-0.3, -0.25) is 14.4 Å². The van der Waals surface area contributed by atoms with Gasteiger partial charge in [0.25, 0.3) is 11.8 Å². The van der Waals surface area contributed by atoms with E-state index in [0.29, 0.717) is 50.9 Å². The number of hydrogen-bond acceptors (Lipinski definition) is 5. The van der Waals surface area contributed by atoms with Crippen LogP contribution in [0, 0.1) is 5.92 Å². The fourth-order valence-corrected chi connectivity index (χ4v) is 5.18. The number of thiophene rings is 1. The molecule has 2 aromatic rings. The van der Waals surface area contributed by atoms with Gasteiger partial charge >= 0.3 is 6.61 Å². The van der Waals surface area contributed by atoms with Crippen LogP contribution in [0.2, 0.25) is 0 Å². The summed E-state index contributed by atoms with van der Waals surface area (Å²) in [6.45, 7) is -1.23. The Bertz CT molecular complexity index is 1010. The van der Waals surface area contributed by atoms with Crippen molar-refractivity contribution in [2.75, 3.05) is 26.2 Å². The van der Waals surface area contributed by atoms with Crippen LogP contribution in [0.4, 0.5) is 8.78 Å². The normalized spacial score (nSPS) is 19.2. The van der Waals surface area contributed by atoms with Crippen molar-refractivity contribution in [3.8, 4) is 5.75 Å². The summed E-state index contributed by atoms with van der Waals surface area (Å²) in [7, 11) is 0. The molecule has 1 N–H and O–H groups in total. The molecule has 0 saturated carbocycles. The summed E-state index contributed by atoms with van der Waals surface area (Å²) in [5.74, 6) is -1.01. The van der Waals surface area contributed by atoms with Gasteiger partial charge in [-0.1, -0.05) is 12.1 Å². The minimum Gasteiger partial charge on any atom is -0.434 e.